The summed E-state index contributed by atoms with van der Waals surface area (Å²) in [5, 5.41) is 15.1. The molecule has 26 heavy (non-hydrogen) atoms. The molecule has 0 radical (unpaired) electrons. The maximum Gasteiger partial charge on any atom is 0.269 e. The molecule has 1 aromatic carbocycles. The Morgan fingerprint density at radius 1 is 1.23 bits per heavy atom. The molecule has 2 heterocycles. The number of carbonyl (C=O) groups is 1. The Balaban J connectivity index is 1.52. The predicted molar refractivity (Wildman–Crippen MR) is 98.3 cm³/mol. The van der Waals surface area contributed by atoms with Crippen molar-refractivity contribution in [2.24, 2.45) is 0 Å². The van der Waals surface area contributed by atoms with Crippen LogP contribution in [0.5, 0.6) is 0 Å². The van der Waals surface area contributed by atoms with Crippen molar-refractivity contribution >= 4 is 17.3 Å². The monoisotopic (exact) mass is 351 g/mol. The van der Waals surface area contributed by atoms with Gasteiger partial charge in [0, 0.05) is 26.2 Å². The number of amides is 1. The fraction of sp³-hybridized carbons (Fsp3) is 0.316. The van der Waals surface area contributed by atoms with Crippen LogP contribution in [0.1, 0.15) is 16.1 Å². The Labute approximate surface area is 152 Å². The molecule has 0 aliphatic carbocycles. The molecular weight excluding hydrogens is 330 g/mol. The van der Waals surface area contributed by atoms with Crippen molar-refractivity contribution in [1.82, 2.24) is 15.2 Å². The molecule has 0 unspecified atom stereocenters. The van der Waals surface area contributed by atoms with Gasteiger partial charge in [0.15, 0.2) is 0 Å². The number of carbonyl (C=O) groups excluding carboxylic acids is 1. The molecule has 134 valence electrons. The minimum atomic E-state index is -0.192. The van der Waals surface area contributed by atoms with Gasteiger partial charge in [-0.15, -0.1) is 0 Å². The standard InChI is InChI=1S/C19H21N5O2/c20-13-15-3-1-2-4-17(15)23-16-5-6-18(22-14-16)19(25)21-7-8-24-9-11-26-12-10-24/h1-6,14,23H,7-12H2,(H,21,25). The summed E-state index contributed by atoms with van der Waals surface area (Å²) in [6, 6.07) is 12.8. The van der Waals surface area contributed by atoms with E-state index in [4.69, 9.17) is 10.00 Å². The minimum Gasteiger partial charge on any atom is -0.379 e. The summed E-state index contributed by atoms with van der Waals surface area (Å²) in [6.07, 6.45) is 1.59. The summed E-state index contributed by atoms with van der Waals surface area (Å²) in [6.45, 7) is 4.69. The fourth-order valence-electron chi connectivity index (χ4n) is 2.69. The number of anilines is 2. The SMILES string of the molecule is N#Cc1ccccc1Nc1ccc(C(=O)NCCN2CCOCC2)nc1. The number of morpholine rings is 1. The van der Waals surface area contributed by atoms with Crippen LogP contribution in [0.3, 0.4) is 0 Å². The van der Waals surface area contributed by atoms with E-state index >= 15 is 0 Å². The van der Waals surface area contributed by atoms with Gasteiger partial charge in [-0.2, -0.15) is 5.26 Å². The van der Waals surface area contributed by atoms with E-state index in [-0.39, 0.29) is 5.91 Å². The van der Waals surface area contributed by atoms with Crippen molar-refractivity contribution in [2.45, 2.75) is 0 Å². The quantitative estimate of drug-likeness (QED) is 0.824. The van der Waals surface area contributed by atoms with Crippen molar-refractivity contribution in [1.29, 1.82) is 5.26 Å². The highest BCUT2D eigenvalue weighted by atomic mass is 16.5. The predicted octanol–water partition coefficient (Wildman–Crippen LogP) is 1.76. The molecule has 1 amide bonds. The lowest BCUT2D eigenvalue weighted by Gasteiger charge is -2.26. The van der Waals surface area contributed by atoms with Crippen LogP contribution >= 0.6 is 0 Å². The van der Waals surface area contributed by atoms with Crippen LogP contribution in [-0.2, 0) is 4.74 Å². The number of pyridine rings is 1. The van der Waals surface area contributed by atoms with Crippen molar-refractivity contribution in [3.05, 3.63) is 53.9 Å². The van der Waals surface area contributed by atoms with Crippen LogP contribution in [0.4, 0.5) is 11.4 Å². The molecule has 3 rings (SSSR count). The average molecular weight is 351 g/mol. The number of aromatic nitrogens is 1. The number of hydrogen-bond acceptors (Lipinski definition) is 6. The van der Waals surface area contributed by atoms with Gasteiger partial charge in [-0.1, -0.05) is 12.1 Å². The summed E-state index contributed by atoms with van der Waals surface area (Å²) < 4.78 is 5.30. The van der Waals surface area contributed by atoms with Crippen LogP contribution in [0, 0.1) is 11.3 Å². The van der Waals surface area contributed by atoms with Crippen molar-refractivity contribution in [2.75, 3.05) is 44.7 Å². The average Bonchev–Trinajstić information content (AvgIpc) is 2.70. The summed E-state index contributed by atoms with van der Waals surface area (Å²) >= 11 is 0. The first-order chi connectivity index (χ1) is 12.8. The number of nitrogens with one attached hydrogen (secondary N) is 2. The maximum atomic E-state index is 12.2. The lowest BCUT2D eigenvalue weighted by atomic mass is 10.2. The molecule has 1 aliphatic heterocycles. The third kappa shape index (κ3) is 4.79. The smallest absolute Gasteiger partial charge is 0.269 e. The zero-order valence-electron chi connectivity index (χ0n) is 14.4. The Morgan fingerprint density at radius 3 is 2.77 bits per heavy atom. The highest BCUT2D eigenvalue weighted by Gasteiger charge is 2.11. The summed E-state index contributed by atoms with van der Waals surface area (Å²) in [7, 11) is 0. The van der Waals surface area contributed by atoms with Crippen LogP contribution in [0.25, 0.3) is 0 Å². The first-order valence-electron chi connectivity index (χ1n) is 8.57. The molecule has 0 spiro atoms. The highest BCUT2D eigenvalue weighted by molar-refractivity contribution is 5.92. The molecule has 1 aromatic heterocycles. The maximum absolute atomic E-state index is 12.2. The molecule has 1 saturated heterocycles. The van der Waals surface area contributed by atoms with Gasteiger partial charge in [-0.25, -0.2) is 4.98 Å². The molecule has 0 saturated carbocycles. The number of ether oxygens (including phenoxy) is 1. The van der Waals surface area contributed by atoms with Gasteiger partial charge < -0.3 is 15.4 Å². The van der Waals surface area contributed by atoms with Crippen LogP contribution in [-0.4, -0.2) is 55.2 Å². The third-order valence-electron chi connectivity index (χ3n) is 4.14. The molecular formula is C19H21N5O2. The molecule has 0 atom stereocenters. The Hall–Kier alpha value is -2.95. The minimum absolute atomic E-state index is 0.192. The van der Waals surface area contributed by atoms with E-state index < -0.39 is 0 Å². The van der Waals surface area contributed by atoms with E-state index in [1.165, 1.54) is 0 Å². The Kier molecular flexibility index (Phi) is 6.14. The van der Waals surface area contributed by atoms with Gasteiger partial charge in [0.1, 0.15) is 11.8 Å². The van der Waals surface area contributed by atoms with E-state index in [1.807, 2.05) is 18.2 Å². The molecule has 7 nitrogen and oxygen atoms in total. The van der Waals surface area contributed by atoms with Crippen molar-refractivity contribution < 1.29 is 9.53 Å². The number of benzene rings is 1. The molecule has 2 aromatic rings. The van der Waals surface area contributed by atoms with Gasteiger partial charge in [0.25, 0.3) is 5.91 Å². The Bertz CT molecular complexity index is 779. The molecule has 0 bridgehead atoms. The van der Waals surface area contributed by atoms with Crippen molar-refractivity contribution in [3.8, 4) is 6.07 Å². The summed E-state index contributed by atoms with van der Waals surface area (Å²) in [5.41, 5.74) is 2.35. The zero-order chi connectivity index (χ0) is 18.2. The summed E-state index contributed by atoms with van der Waals surface area (Å²) in [5.74, 6) is -0.192. The lowest BCUT2D eigenvalue weighted by Crippen LogP contribution is -2.41. The zero-order valence-corrected chi connectivity index (χ0v) is 14.4. The normalized spacial score (nSPS) is 14.4. The topological polar surface area (TPSA) is 90.3 Å². The summed E-state index contributed by atoms with van der Waals surface area (Å²) in [4.78, 5) is 18.6. The van der Waals surface area contributed by atoms with Gasteiger partial charge in [0.05, 0.1) is 36.3 Å². The van der Waals surface area contributed by atoms with Gasteiger partial charge in [-0.05, 0) is 24.3 Å². The molecule has 2 N–H and O–H groups in total. The number of rotatable bonds is 6. The first-order valence-corrected chi connectivity index (χ1v) is 8.57. The van der Waals surface area contributed by atoms with Gasteiger partial charge in [-0.3, -0.25) is 9.69 Å². The van der Waals surface area contributed by atoms with E-state index in [0.29, 0.717) is 23.5 Å². The van der Waals surface area contributed by atoms with Crippen LogP contribution in [0.2, 0.25) is 0 Å². The lowest BCUT2D eigenvalue weighted by molar-refractivity contribution is 0.0383. The second-order valence-electron chi connectivity index (χ2n) is 5.92. The van der Waals surface area contributed by atoms with Gasteiger partial charge >= 0.3 is 0 Å². The van der Waals surface area contributed by atoms with Crippen LogP contribution < -0.4 is 10.6 Å². The number of nitrogens with zero attached hydrogens (tertiary/aromatic N) is 3. The Morgan fingerprint density at radius 2 is 2.04 bits per heavy atom. The second kappa shape index (κ2) is 8.94. The fourth-order valence-corrected chi connectivity index (χ4v) is 2.69. The van der Waals surface area contributed by atoms with E-state index in [2.05, 4.69) is 26.6 Å². The van der Waals surface area contributed by atoms with E-state index in [1.54, 1.807) is 24.4 Å². The largest absolute Gasteiger partial charge is 0.379 e. The number of para-hydroxylation sites is 1. The molecule has 7 heteroatoms. The van der Waals surface area contributed by atoms with Gasteiger partial charge in [0.2, 0.25) is 0 Å². The van der Waals surface area contributed by atoms with Crippen LogP contribution in [0.15, 0.2) is 42.6 Å². The van der Waals surface area contributed by atoms with E-state index in [0.717, 1.165) is 38.5 Å². The first kappa shape index (κ1) is 17.9. The molecule has 1 fully saturated rings. The van der Waals surface area contributed by atoms with Crippen molar-refractivity contribution in [3.63, 3.8) is 0 Å². The molecule has 1 aliphatic rings. The highest BCUT2D eigenvalue weighted by Crippen LogP contribution is 2.19. The number of hydrogen-bond donors (Lipinski definition) is 2. The van der Waals surface area contributed by atoms with E-state index in [9.17, 15) is 4.79 Å². The second-order valence-corrected chi connectivity index (χ2v) is 5.92. The number of nitriles is 1. The third-order valence-corrected chi connectivity index (χ3v) is 4.14.